The van der Waals surface area contributed by atoms with Gasteiger partial charge in [0.2, 0.25) is 0 Å². The highest BCUT2D eigenvalue weighted by Crippen LogP contribution is 2.20. The second-order valence-electron chi connectivity index (χ2n) is 6.24. The minimum atomic E-state index is 0.799. The van der Waals surface area contributed by atoms with E-state index in [-0.39, 0.29) is 0 Å². The number of nitrogens with one attached hydrogen (secondary N) is 1. The minimum absolute atomic E-state index is 0.799. The molecule has 0 bridgehead atoms. The summed E-state index contributed by atoms with van der Waals surface area (Å²) >= 11 is 0. The van der Waals surface area contributed by atoms with Crippen LogP contribution in [0.25, 0.3) is 0 Å². The van der Waals surface area contributed by atoms with Gasteiger partial charge in [-0.3, -0.25) is 14.5 Å². The molecule has 0 radical (unpaired) electrons. The molecule has 2 fully saturated rings. The molecule has 2 saturated heterocycles. The standard InChI is InChI=1S/C15H28N6/c1-2-16-11-14-12-21(18-17-14)10-9-19-8-5-15(13-19)20-6-3-4-7-20/h12,15-16H,2-11,13H2,1H3. The zero-order valence-corrected chi connectivity index (χ0v) is 13.2. The number of aromatic nitrogens is 3. The molecule has 2 aliphatic heterocycles. The zero-order valence-electron chi connectivity index (χ0n) is 13.2. The van der Waals surface area contributed by atoms with Crippen LogP contribution in [0.2, 0.25) is 0 Å². The molecular formula is C15H28N6. The largest absolute Gasteiger partial charge is 0.311 e. The van der Waals surface area contributed by atoms with Crippen molar-refractivity contribution in [3.63, 3.8) is 0 Å². The van der Waals surface area contributed by atoms with Crippen LogP contribution in [-0.4, -0.2) is 70.1 Å². The predicted octanol–water partition coefficient (Wildman–Crippen LogP) is 0.558. The van der Waals surface area contributed by atoms with Crippen LogP contribution in [0.3, 0.4) is 0 Å². The van der Waals surface area contributed by atoms with E-state index in [9.17, 15) is 0 Å². The fourth-order valence-electron chi connectivity index (χ4n) is 3.45. The van der Waals surface area contributed by atoms with Crippen LogP contribution in [0, 0.1) is 0 Å². The maximum absolute atomic E-state index is 4.22. The molecule has 2 aliphatic rings. The molecular weight excluding hydrogens is 264 g/mol. The smallest absolute Gasteiger partial charge is 0.0964 e. The highest BCUT2D eigenvalue weighted by molar-refractivity contribution is 4.91. The first-order valence-corrected chi connectivity index (χ1v) is 8.41. The van der Waals surface area contributed by atoms with E-state index in [1.807, 2.05) is 4.68 Å². The molecule has 3 heterocycles. The van der Waals surface area contributed by atoms with Crippen molar-refractivity contribution in [3.8, 4) is 0 Å². The molecule has 1 aromatic rings. The van der Waals surface area contributed by atoms with E-state index >= 15 is 0 Å². The van der Waals surface area contributed by atoms with Crippen molar-refractivity contribution in [2.24, 2.45) is 0 Å². The van der Waals surface area contributed by atoms with Crippen molar-refractivity contribution in [1.82, 2.24) is 30.1 Å². The zero-order chi connectivity index (χ0) is 14.5. The molecule has 0 aliphatic carbocycles. The Hall–Kier alpha value is -0.980. The highest BCUT2D eigenvalue weighted by Gasteiger charge is 2.28. The van der Waals surface area contributed by atoms with Gasteiger partial charge in [-0.25, -0.2) is 0 Å². The van der Waals surface area contributed by atoms with Crippen molar-refractivity contribution >= 4 is 0 Å². The van der Waals surface area contributed by atoms with E-state index in [4.69, 9.17) is 0 Å². The number of rotatable bonds is 7. The summed E-state index contributed by atoms with van der Waals surface area (Å²) < 4.78 is 1.98. The van der Waals surface area contributed by atoms with Crippen molar-refractivity contribution in [2.45, 2.75) is 45.3 Å². The summed E-state index contributed by atoms with van der Waals surface area (Å²) in [5, 5.41) is 11.7. The van der Waals surface area contributed by atoms with Crippen LogP contribution < -0.4 is 5.32 Å². The summed E-state index contributed by atoms with van der Waals surface area (Å²) in [5.41, 5.74) is 1.04. The molecule has 1 N–H and O–H groups in total. The predicted molar refractivity (Wildman–Crippen MR) is 83.1 cm³/mol. The van der Waals surface area contributed by atoms with Crippen molar-refractivity contribution in [2.75, 3.05) is 39.3 Å². The number of hydrogen-bond donors (Lipinski definition) is 1. The van der Waals surface area contributed by atoms with Gasteiger partial charge in [-0.15, -0.1) is 5.10 Å². The molecule has 118 valence electrons. The fourth-order valence-corrected chi connectivity index (χ4v) is 3.45. The summed E-state index contributed by atoms with van der Waals surface area (Å²) in [6.07, 6.45) is 6.19. The maximum Gasteiger partial charge on any atom is 0.0964 e. The number of nitrogens with zero attached hydrogens (tertiary/aromatic N) is 5. The Labute approximate surface area is 127 Å². The van der Waals surface area contributed by atoms with Crippen LogP contribution in [0.1, 0.15) is 31.9 Å². The van der Waals surface area contributed by atoms with Gasteiger partial charge in [0.25, 0.3) is 0 Å². The quantitative estimate of drug-likeness (QED) is 0.796. The third kappa shape index (κ3) is 4.02. The Morgan fingerprint density at radius 3 is 2.90 bits per heavy atom. The van der Waals surface area contributed by atoms with Crippen LogP contribution in [0.4, 0.5) is 0 Å². The molecule has 1 atom stereocenters. The first-order chi connectivity index (χ1) is 10.3. The molecule has 6 heteroatoms. The molecule has 3 rings (SSSR count). The molecule has 0 aromatic carbocycles. The van der Waals surface area contributed by atoms with E-state index in [0.717, 1.165) is 37.9 Å². The van der Waals surface area contributed by atoms with Gasteiger partial charge in [0.05, 0.1) is 12.2 Å². The molecule has 1 aromatic heterocycles. The Balaban J connectivity index is 1.40. The molecule has 6 nitrogen and oxygen atoms in total. The lowest BCUT2D eigenvalue weighted by Crippen LogP contribution is -2.36. The Kier molecular flexibility index (Phi) is 5.22. The average Bonchev–Trinajstić information content (AvgIpc) is 3.22. The molecule has 0 spiro atoms. The van der Waals surface area contributed by atoms with E-state index in [0.29, 0.717) is 0 Å². The molecule has 0 saturated carbocycles. The third-order valence-corrected chi connectivity index (χ3v) is 4.69. The SMILES string of the molecule is CCNCc1cn(CCN2CCC(N3CCCC3)C2)nn1. The number of likely N-dealkylation sites (tertiary alicyclic amines) is 2. The molecule has 1 unspecified atom stereocenters. The van der Waals surface area contributed by atoms with E-state index < -0.39 is 0 Å². The van der Waals surface area contributed by atoms with Gasteiger partial charge < -0.3 is 5.32 Å². The van der Waals surface area contributed by atoms with Crippen LogP contribution in [0.5, 0.6) is 0 Å². The van der Waals surface area contributed by atoms with Gasteiger partial charge in [-0.2, -0.15) is 0 Å². The van der Waals surface area contributed by atoms with E-state index in [1.165, 1.54) is 45.4 Å². The summed E-state index contributed by atoms with van der Waals surface area (Å²) in [4.78, 5) is 5.26. The lowest BCUT2D eigenvalue weighted by Gasteiger charge is -2.23. The van der Waals surface area contributed by atoms with Gasteiger partial charge in [-0.1, -0.05) is 12.1 Å². The Morgan fingerprint density at radius 1 is 1.24 bits per heavy atom. The monoisotopic (exact) mass is 292 g/mol. The van der Waals surface area contributed by atoms with Gasteiger partial charge in [-0.05, 0) is 45.4 Å². The van der Waals surface area contributed by atoms with Gasteiger partial charge in [0.1, 0.15) is 0 Å². The summed E-state index contributed by atoms with van der Waals surface area (Å²) in [7, 11) is 0. The van der Waals surface area contributed by atoms with E-state index in [1.54, 1.807) is 0 Å². The summed E-state index contributed by atoms with van der Waals surface area (Å²) in [5.74, 6) is 0. The van der Waals surface area contributed by atoms with Crippen molar-refractivity contribution < 1.29 is 0 Å². The highest BCUT2D eigenvalue weighted by atomic mass is 15.4. The lowest BCUT2D eigenvalue weighted by molar-refractivity contribution is 0.228. The fraction of sp³-hybridized carbons (Fsp3) is 0.867. The van der Waals surface area contributed by atoms with Gasteiger partial charge >= 0.3 is 0 Å². The van der Waals surface area contributed by atoms with Crippen LogP contribution >= 0.6 is 0 Å². The molecule has 21 heavy (non-hydrogen) atoms. The normalized spacial score (nSPS) is 24.1. The first kappa shape index (κ1) is 14.9. The van der Waals surface area contributed by atoms with Gasteiger partial charge in [0.15, 0.2) is 0 Å². The topological polar surface area (TPSA) is 49.2 Å². The number of hydrogen-bond acceptors (Lipinski definition) is 5. The Morgan fingerprint density at radius 2 is 2.10 bits per heavy atom. The second-order valence-corrected chi connectivity index (χ2v) is 6.24. The minimum Gasteiger partial charge on any atom is -0.311 e. The lowest BCUT2D eigenvalue weighted by atomic mass is 10.2. The average molecular weight is 292 g/mol. The first-order valence-electron chi connectivity index (χ1n) is 8.41. The summed E-state index contributed by atoms with van der Waals surface area (Å²) in [6, 6.07) is 0.799. The molecule has 0 amide bonds. The van der Waals surface area contributed by atoms with Crippen LogP contribution in [0.15, 0.2) is 6.20 Å². The van der Waals surface area contributed by atoms with E-state index in [2.05, 4.69) is 38.5 Å². The Bertz CT molecular complexity index is 426. The van der Waals surface area contributed by atoms with Crippen molar-refractivity contribution in [1.29, 1.82) is 0 Å². The second kappa shape index (κ2) is 7.33. The maximum atomic E-state index is 4.22. The third-order valence-electron chi connectivity index (χ3n) is 4.69. The van der Waals surface area contributed by atoms with Gasteiger partial charge in [0, 0.05) is 31.9 Å². The van der Waals surface area contributed by atoms with Crippen molar-refractivity contribution in [3.05, 3.63) is 11.9 Å². The summed E-state index contributed by atoms with van der Waals surface area (Å²) in [6.45, 7) is 11.0. The van der Waals surface area contributed by atoms with Crippen LogP contribution in [-0.2, 0) is 13.1 Å².